The molecule has 9 nitrogen and oxygen atoms in total. The maximum absolute atomic E-state index is 12.5. The van der Waals surface area contributed by atoms with Gasteiger partial charge in [0.15, 0.2) is 5.60 Å². The fraction of sp³-hybridized carbons (Fsp3) is 0.0952. The number of hydrogen-bond acceptors (Lipinski definition) is 7. The number of ether oxygens (including phenoxy) is 2. The average Bonchev–Trinajstić information content (AvgIpc) is 3.01. The zero-order chi connectivity index (χ0) is 22.4. The molecule has 0 unspecified atom stereocenters. The predicted molar refractivity (Wildman–Crippen MR) is 107 cm³/mol. The average molecular weight is 444 g/mol. The fourth-order valence-corrected chi connectivity index (χ4v) is 3.65. The molecule has 5 rings (SSSR count). The molecule has 160 valence electrons. The molecule has 10 heteroatoms. The standard InChI is InChI=1S/C20H12O5.CH5O4P/c21-11-5-7-15-17(9-11)24-18-10-12(22)6-8-16(18)20(15)14-4-2-1-3-13(14)19(23)25-20;1-5-6(2,3)4/h1-10,21-22H;1H3,(H2,2,3,4). The van der Waals surface area contributed by atoms with Crippen molar-refractivity contribution in [3.63, 3.8) is 0 Å². The van der Waals surface area contributed by atoms with Gasteiger partial charge in [0.1, 0.15) is 23.0 Å². The number of phenolic OH excluding ortho intramolecular Hbond substituents is 2. The van der Waals surface area contributed by atoms with Gasteiger partial charge < -0.3 is 29.5 Å². The Kier molecular flexibility index (Phi) is 4.99. The van der Waals surface area contributed by atoms with Gasteiger partial charge in [0.25, 0.3) is 0 Å². The van der Waals surface area contributed by atoms with E-state index >= 15 is 0 Å². The molecular formula is C21H17O9P. The van der Waals surface area contributed by atoms with Gasteiger partial charge in [0.2, 0.25) is 0 Å². The first-order valence-corrected chi connectivity index (χ1v) is 10.5. The smallest absolute Gasteiger partial charge is 0.469 e. The minimum atomic E-state index is -4.15. The summed E-state index contributed by atoms with van der Waals surface area (Å²) in [6, 6.07) is 16.6. The molecule has 0 saturated heterocycles. The van der Waals surface area contributed by atoms with E-state index < -0.39 is 19.4 Å². The lowest BCUT2D eigenvalue weighted by atomic mass is 9.77. The summed E-state index contributed by atoms with van der Waals surface area (Å²) in [5.74, 6) is 0.408. The maximum Gasteiger partial charge on any atom is 0.469 e. The minimum Gasteiger partial charge on any atom is -0.508 e. The van der Waals surface area contributed by atoms with Crippen LogP contribution in [0.15, 0.2) is 60.7 Å². The molecule has 31 heavy (non-hydrogen) atoms. The van der Waals surface area contributed by atoms with Crippen LogP contribution in [0.2, 0.25) is 0 Å². The van der Waals surface area contributed by atoms with E-state index in [2.05, 4.69) is 4.52 Å². The molecule has 0 saturated carbocycles. The highest BCUT2D eigenvalue weighted by Crippen LogP contribution is 2.56. The van der Waals surface area contributed by atoms with Crippen molar-refractivity contribution in [3.8, 4) is 23.0 Å². The van der Waals surface area contributed by atoms with Crippen LogP contribution in [0.3, 0.4) is 0 Å². The summed E-state index contributed by atoms with van der Waals surface area (Å²) in [6.45, 7) is 0. The number of phenols is 2. The Balaban J connectivity index is 0.000000342. The van der Waals surface area contributed by atoms with Crippen molar-refractivity contribution in [1.29, 1.82) is 0 Å². The maximum atomic E-state index is 12.5. The van der Waals surface area contributed by atoms with Gasteiger partial charge in [-0.2, -0.15) is 0 Å². The molecule has 0 fully saturated rings. The number of esters is 1. The molecule has 2 aliphatic rings. The summed E-state index contributed by atoms with van der Waals surface area (Å²) in [7, 11) is -3.20. The molecule has 0 radical (unpaired) electrons. The molecule has 0 aromatic heterocycles. The number of phosphoric acid groups is 1. The van der Waals surface area contributed by atoms with Crippen LogP contribution in [0.5, 0.6) is 23.0 Å². The number of carbonyl (C=O) groups is 1. The van der Waals surface area contributed by atoms with E-state index in [9.17, 15) is 19.6 Å². The van der Waals surface area contributed by atoms with E-state index in [1.54, 1.807) is 24.3 Å². The Hall–Kier alpha value is -3.36. The quantitative estimate of drug-likeness (QED) is 0.328. The minimum absolute atomic E-state index is 0.0371. The third kappa shape index (κ3) is 3.54. The highest BCUT2D eigenvalue weighted by Gasteiger charge is 2.53. The van der Waals surface area contributed by atoms with Gasteiger partial charge in [-0.1, -0.05) is 18.2 Å². The second-order valence-corrected chi connectivity index (χ2v) is 8.10. The van der Waals surface area contributed by atoms with E-state index in [1.165, 1.54) is 24.3 Å². The van der Waals surface area contributed by atoms with E-state index in [4.69, 9.17) is 19.3 Å². The van der Waals surface area contributed by atoms with Crippen molar-refractivity contribution in [3.05, 3.63) is 82.9 Å². The van der Waals surface area contributed by atoms with Crippen molar-refractivity contribution in [2.75, 3.05) is 7.11 Å². The van der Waals surface area contributed by atoms with Gasteiger partial charge in [-0.3, -0.25) is 4.52 Å². The van der Waals surface area contributed by atoms with Crippen LogP contribution in [0, 0.1) is 0 Å². The second kappa shape index (κ2) is 7.40. The van der Waals surface area contributed by atoms with E-state index in [1.807, 2.05) is 12.1 Å². The van der Waals surface area contributed by atoms with Crippen molar-refractivity contribution >= 4 is 13.8 Å². The van der Waals surface area contributed by atoms with Crippen molar-refractivity contribution < 1.29 is 43.4 Å². The van der Waals surface area contributed by atoms with Crippen LogP contribution in [-0.4, -0.2) is 33.1 Å². The van der Waals surface area contributed by atoms with Crippen molar-refractivity contribution in [1.82, 2.24) is 0 Å². The first kappa shape index (κ1) is 20.9. The topological polar surface area (TPSA) is 143 Å². The third-order valence-corrected chi connectivity index (χ3v) is 5.39. The second-order valence-electron chi connectivity index (χ2n) is 6.75. The van der Waals surface area contributed by atoms with Crippen molar-refractivity contribution in [2.24, 2.45) is 0 Å². The molecule has 3 aromatic rings. The molecule has 1 spiro atoms. The molecule has 0 atom stereocenters. The van der Waals surface area contributed by atoms with E-state index in [-0.39, 0.29) is 11.5 Å². The summed E-state index contributed by atoms with van der Waals surface area (Å²) in [5.41, 5.74) is 1.28. The van der Waals surface area contributed by atoms with E-state index in [0.717, 1.165) is 7.11 Å². The summed E-state index contributed by atoms with van der Waals surface area (Å²) in [6.07, 6.45) is 0. The van der Waals surface area contributed by atoms with Gasteiger partial charge in [-0.05, 0) is 30.3 Å². The Morgan fingerprint density at radius 2 is 1.39 bits per heavy atom. The number of benzene rings is 3. The molecular weight excluding hydrogens is 427 g/mol. The SMILES string of the molecule is COP(=O)(O)O.O=C1OC2(c3ccc(O)cc3Oc3cc(O)ccc32)c2ccccc21. The molecule has 0 aliphatic carbocycles. The Morgan fingerprint density at radius 3 is 1.90 bits per heavy atom. The number of hydrogen-bond donors (Lipinski definition) is 4. The third-order valence-electron chi connectivity index (χ3n) is 4.92. The molecule has 2 aliphatic heterocycles. The van der Waals surface area contributed by atoms with Crippen LogP contribution in [0.25, 0.3) is 0 Å². The first-order valence-electron chi connectivity index (χ1n) is 8.94. The van der Waals surface area contributed by atoms with Gasteiger partial charge in [-0.15, -0.1) is 0 Å². The lowest BCUT2D eigenvalue weighted by Crippen LogP contribution is -2.32. The highest BCUT2D eigenvalue weighted by atomic mass is 31.2. The zero-order valence-corrected chi connectivity index (χ0v) is 16.9. The predicted octanol–water partition coefficient (Wildman–Crippen LogP) is 3.39. The molecule has 4 N–H and O–H groups in total. The van der Waals surface area contributed by atoms with E-state index in [0.29, 0.717) is 33.8 Å². The zero-order valence-electron chi connectivity index (χ0n) is 16.1. The summed E-state index contributed by atoms with van der Waals surface area (Å²) in [5, 5.41) is 19.7. The molecule has 0 bridgehead atoms. The van der Waals surface area contributed by atoms with Crippen LogP contribution in [-0.2, 0) is 19.4 Å². The number of rotatable bonds is 1. The van der Waals surface area contributed by atoms with Crippen LogP contribution < -0.4 is 4.74 Å². The number of carbonyl (C=O) groups excluding carboxylic acids is 1. The summed E-state index contributed by atoms with van der Waals surface area (Å²) < 4.78 is 24.9. The van der Waals surface area contributed by atoms with Gasteiger partial charge >= 0.3 is 13.8 Å². The first-order chi connectivity index (χ1) is 14.7. The van der Waals surface area contributed by atoms with Crippen molar-refractivity contribution in [2.45, 2.75) is 5.60 Å². The molecule has 2 heterocycles. The van der Waals surface area contributed by atoms with Crippen LogP contribution in [0.1, 0.15) is 27.0 Å². The van der Waals surface area contributed by atoms with Gasteiger partial charge in [0.05, 0.1) is 5.56 Å². The lowest BCUT2D eigenvalue weighted by Gasteiger charge is -2.36. The number of fused-ring (bicyclic) bond motifs is 6. The van der Waals surface area contributed by atoms with Gasteiger partial charge in [0, 0.05) is 35.9 Å². The largest absolute Gasteiger partial charge is 0.508 e. The normalized spacial score (nSPS) is 15.0. The van der Waals surface area contributed by atoms with Gasteiger partial charge in [-0.25, -0.2) is 9.36 Å². The Labute approximate surface area is 176 Å². The Morgan fingerprint density at radius 1 is 0.871 bits per heavy atom. The lowest BCUT2D eigenvalue weighted by molar-refractivity contribution is 0.0224. The number of aromatic hydroxyl groups is 2. The molecule has 0 amide bonds. The summed E-state index contributed by atoms with van der Waals surface area (Å²) in [4.78, 5) is 28.0. The molecule has 3 aromatic carbocycles. The monoisotopic (exact) mass is 444 g/mol. The highest BCUT2D eigenvalue weighted by molar-refractivity contribution is 7.46. The summed E-state index contributed by atoms with van der Waals surface area (Å²) >= 11 is 0. The number of phosphoric ester groups is 1. The Bertz CT molecular complexity index is 1180. The fourth-order valence-electron chi connectivity index (χ4n) is 3.65. The van der Waals surface area contributed by atoms with Crippen LogP contribution >= 0.6 is 7.82 Å². The van der Waals surface area contributed by atoms with Crippen LogP contribution in [0.4, 0.5) is 0 Å².